The minimum atomic E-state index is 0.712. The minimum absolute atomic E-state index is 0.712. The lowest BCUT2D eigenvalue weighted by molar-refractivity contribution is 0.776. The number of fused-ring (bicyclic) bond motifs is 1. The molecule has 0 radical (unpaired) electrons. The van der Waals surface area contributed by atoms with Gasteiger partial charge in [0.05, 0.1) is 0 Å². The zero-order chi connectivity index (χ0) is 14.8. The van der Waals surface area contributed by atoms with E-state index in [-0.39, 0.29) is 0 Å². The van der Waals surface area contributed by atoms with Gasteiger partial charge in [-0.15, -0.1) is 10.2 Å². The quantitative estimate of drug-likeness (QED) is 0.729. The standard InChI is InChI=1S/C16H11N5S/c1-2-4-12(5-3-1)14-8-11-18-21-15(19-20-16(21)22-14)13-6-9-17-10-7-13/h1-11H. The summed E-state index contributed by atoms with van der Waals surface area (Å²) in [6.07, 6.45) is 7.24. The van der Waals surface area contributed by atoms with E-state index in [1.54, 1.807) is 35.0 Å². The van der Waals surface area contributed by atoms with E-state index < -0.39 is 0 Å². The van der Waals surface area contributed by atoms with Crippen LogP contribution in [0.5, 0.6) is 0 Å². The van der Waals surface area contributed by atoms with Crippen molar-refractivity contribution < 1.29 is 0 Å². The lowest BCUT2D eigenvalue weighted by Crippen LogP contribution is -1.94. The molecule has 0 aliphatic carbocycles. The van der Waals surface area contributed by atoms with Crippen LogP contribution < -0.4 is 0 Å². The first-order valence-electron chi connectivity index (χ1n) is 6.75. The molecule has 0 saturated heterocycles. The molecule has 0 bridgehead atoms. The van der Waals surface area contributed by atoms with E-state index in [2.05, 4.69) is 32.4 Å². The van der Waals surface area contributed by atoms with E-state index in [1.807, 2.05) is 36.4 Å². The van der Waals surface area contributed by atoms with Crippen LogP contribution >= 0.6 is 11.8 Å². The van der Waals surface area contributed by atoms with E-state index >= 15 is 0 Å². The molecule has 4 rings (SSSR count). The first kappa shape index (κ1) is 13.0. The van der Waals surface area contributed by atoms with Crippen molar-refractivity contribution in [3.8, 4) is 11.4 Å². The molecule has 1 aromatic carbocycles. The normalized spacial score (nSPS) is 13.4. The summed E-state index contributed by atoms with van der Waals surface area (Å²) in [5.41, 5.74) is 2.08. The van der Waals surface area contributed by atoms with Crippen LogP contribution in [0.2, 0.25) is 0 Å². The van der Waals surface area contributed by atoms with Gasteiger partial charge in [0.25, 0.3) is 0 Å². The van der Waals surface area contributed by atoms with Gasteiger partial charge in [0.1, 0.15) is 0 Å². The number of rotatable bonds is 2. The van der Waals surface area contributed by atoms with Gasteiger partial charge in [0, 0.05) is 29.1 Å². The summed E-state index contributed by atoms with van der Waals surface area (Å²) in [5, 5.41) is 13.7. The Morgan fingerprint density at radius 3 is 2.50 bits per heavy atom. The average Bonchev–Trinajstić information content (AvgIpc) is 2.86. The van der Waals surface area contributed by atoms with Crippen molar-refractivity contribution in [2.24, 2.45) is 5.10 Å². The molecule has 1 aliphatic rings. The second kappa shape index (κ2) is 5.57. The number of aromatic nitrogens is 4. The second-order valence-electron chi connectivity index (χ2n) is 4.62. The second-order valence-corrected chi connectivity index (χ2v) is 5.63. The highest BCUT2D eigenvalue weighted by Crippen LogP contribution is 2.35. The Kier molecular flexibility index (Phi) is 3.29. The Bertz CT molecular complexity index is 853. The molecular formula is C16H11N5S. The van der Waals surface area contributed by atoms with E-state index in [0.717, 1.165) is 21.2 Å². The molecule has 0 saturated carbocycles. The van der Waals surface area contributed by atoms with Crippen molar-refractivity contribution in [1.29, 1.82) is 0 Å². The largest absolute Gasteiger partial charge is 0.265 e. The van der Waals surface area contributed by atoms with Crippen LogP contribution in [0.3, 0.4) is 0 Å². The molecule has 106 valence electrons. The lowest BCUT2D eigenvalue weighted by Gasteiger charge is -2.04. The Balaban J connectivity index is 1.74. The third-order valence-corrected chi connectivity index (χ3v) is 4.25. The van der Waals surface area contributed by atoms with Gasteiger partial charge in [-0.2, -0.15) is 9.78 Å². The van der Waals surface area contributed by atoms with Crippen molar-refractivity contribution in [2.75, 3.05) is 0 Å². The average molecular weight is 305 g/mol. The topological polar surface area (TPSA) is 56.0 Å². The van der Waals surface area contributed by atoms with Crippen LogP contribution in [0, 0.1) is 0 Å². The number of pyridine rings is 1. The van der Waals surface area contributed by atoms with Crippen molar-refractivity contribution >= 4 is 22.9 Å². The maximum atomic E-state index is 4.45. The van der Waals surface area contributed by atoms with Gasteiger partial charge in [-0.25, -0.2) is 0 Å². The van der Waals surface area contributed by atoms with Gasteiger partial charge in [0.15, 0.2) is 5.82 Å². The summed E-state index contributed by atoms with van der Waals surface area (Å²) in [6.45, 7) is 0. The smallest absolute Gasteiger partial charge is 0.217 e. The first-order chi connectivity index (χ1) is 10.9. The fraction of sp³-hybridized carbons (Fsp3) is 0. The molecule has 0 N–H and O–H groups in total. The van der Waals surface area contributed by atoms with E-state index in [9.17, 15) is 0 Å². The molecule has 6 heteroatoms. The van der Waals surface area contributed by atoms with Gasteiger partial charge in [-0.05, 0) is 35.5 Å². The van der Waals surface area contributed by atoms with Gasteiger partial charge >= 0.3 is 0 Å². The number of thioether (sulfide) groups is 1. The Morgan fingerprint density at radius 1 is 0.864 bits per heavy atom. The maximum absolute atomic E-state index is 4.45. The van der Waals surface area contributed by atoms with Crippen LogP contribution in [0.4, 0.5) is 0 Å². The van der Waals surface area contributed by atoms with Gasteiger partial charge < -0.3 is 0 Å². The molecule has 0 fully saturated rings. The van der Waals surface area contributed by atoms with Gasteiger partial charge in [-0.1, -0.05) is 30.3 Å². The summed E-state index contributed by atoms with van der Waals surface area (Å²) in [7, 11) is 0. The van der Waals surface area contributed by atoms with Crippen LogP contribution in [-0.2, 0) is 0 Å². The molecule has 22 heavy (non-hydrogen) atoms. The molecule has 0 unspecified atom stereocenters. The predicted octanol–water partition coefficient (Wildman–Crippen LogP) is 3.32. The molecule has 2 aromatic heterocycles. The van der Waals surface area contributed by atoms with Gasteiger partial charge in [-0.3, -0.25) is 4.98 Å². The van der Waals surface area contributed by atoms with Crippen LogP contribution in [0.25, 0.3) is 16.3 Å². The molecular weight excluding hydrogens is 294 g/mol. The Hall–Kier alpha value is -2.73. The maximum Gasteiger partial charge on any atom is 0.217 e. The highest BCUT2D eigenvalue weighted by molar-refractivity contribution is 8.08. The molecule has 0 amide bonds. The summed E-state index contributed by atoms with van der Waals surface area (Å²) >= 11 is 1.56. The summed E-state index contributed by atoms with van der Waals surface area (Å²) < 4.78 is 1.76. The molecule has 3 aromatic rings. The number of benzene rings is 1. The first-order valence-corrected chi connectivity index (χ1v) is 7.57. The van der Waals surface area contributed by atoms with Crippen LogP contribution in [0.15, 0.2) is 71.2 Å². The summed E-state index contributed by atoms with van der Waals surface area (Å²) in [6, 6.07) is 14.0. The minimum Gasteiger partial charge on any atom is -0.265 e. The molecule has 0 atom stereocenters. The third kappa shape index (κ3) is 2.33. The van der Waals surface area contributed by atoms with Crippen molar-refractivity contribution in [1.82, 2.24) is 19.9 Å². The van der Waals surface area contributed by atoms with Crippen LogP contribution in [-0.4, -0.2) is 26.1 Å². The number of hydrogen-bond acceptors (Lipinski definition) is 5. The van der Waals surface area contributed by atoms with Crippen molar-refractivity contribution in [2.45, 2.75) is 5.16 Å². The SMILES string of the molecule is C1=Nn2c(nnc2-c2ccncc2)SC(c2ccccc2)=C1. The number of nitrogens with zero attached hydrogens (tertiary/aromatic N) is 5. The fourth-order valence-corrected chi connectivity index (χ4v) is 3.05. The van der Waals surface area contributed by atoms with E-state index in [1.165, 1.54) is 0 Å². The number of allylic oxidation sites excluding steroid dienone is 1. The molecule has 3 heterocycles. The molecule has 1 aliphatic heterocycles. The zero-order valence-corrected chi connectivity index (χ0v) is 12.3. The summed E-state index contributed by atoms with van der Waals surface area (Å²) in [5.74, 6) is 0.712. The van der Waals surface area contributed by atoms with Gasteiger partial charge in [0.2, 0.25) is 5.16 Å². The van der Waals surface area contributed by atoms with E-state index in [4.69, 9.17) is 0 Å². The molecule has 0 spiro atoms. The Labute approximate surface area is 131 Å². The van der Waals surface area contributed by atoms with E-state index in [0.29, 0.717) is 5.82 Å². The third-order valence-electron chi connectivity index (χ3n) is 3.22. The highest BCUT2D eigenvalue weighted by atomic mass is 32.2. The van der Waals surface area contributed by atoms with Crippen LogP contribution in [0.1, 0.15) is 5.56 Å². The number of hydrogen-bond donors (Lipinski definition) is 0. The fourth-order valence-electron chi connectivity index (χ4n) is 2.17. The highest BCUT2D eigenvalue weighted by Gasteiger charge is 2.17. The summed E-state index contributed by atoms with van der Waals surface area (Å²) in [4.78, 5) is 5.12. The van der Waals surface area contributed by atoms with Crippen molar-refractivity contribution in [3.63, 3.8) is 0 Å². The predicted molar refractivity (Wildman–Crippen MR) is 87.4 cm³/mol. The van der Waals surface area contributed by atoms with Crippen molar-refractivity contribution in [3.05, 3.63) is 66.5 Å². The Morgan fingerprint density at radius 2 is 1.68 bits per heavy atom. The zero-order valence-electron chi connectivity index (χ0n) is 11.5. The lowest BCUT2D eigenvalue weighted by atomic mass is 10.2. The molecule has 5 nitrogen and oxygen atoms in total. The monoisotopic (exact) mass is 305 g/mol.